The molecule has 46 heavy (non-hydrogen) atoms. The van der Waals surface area contributed by atoms with Crippen molar-refractivity contribution >= 4 is 45.0 Å². The quantitative estimate of drug-likeness (QED) is 0.247. The molecule has 3 saturated heterocycles. The fourth-order valence-electron chi connectivity index (χ4n) is 8.67. The Morgan fingerprint density at radius 1 is 1.17 bits per heavy atom. The maximum Gasteiger partial charge on any atom is 0.319 e. The Kier molecular flexibility index (Phi) is 7.21. The van der Waals surface area contributed by atoms with Crippen LogP contribution in [-0.2, 0) is 0 Å². The minimum atomic E-state index is -0.909. The number of nitrogens with zero attached hydrogens (tertiary/aromatic N) is 4. The number of rotatable bonds is 6. The molecule has 1 aromatic heterocycles. The second-order valence-corrected chi connectivity index (χ2v) is 14.0. The van der Waals surface area contributed by atoms with E-state index in [0.717, 1.165) is 45.3 Å². The van der Waals surface area contributed by atoms with Gasteiger partial charge in [-0.1, -0.05) is 23.7 Å². The van der Waals surface area contributed by atoms with Gasteiger partial charge in [-0.25, -0.2) is 8.78 Å². The molecule has 4 aliphatic rings. The van der Waals surface area contributed by atoms with Crippen LogP contribution < -0.4 is 15.0 Å². The van der Waals surface area contributed by atoms with E-state index in [1.54, 1.807) is 30.3 Å². The number of piperidine rings is 1. The molecule has 8 rings (SSSR count). The van der Waals surface area contributed by atoms with Gasteiger partial charge in [-0.05, 0) is 85.7 Å². The number of carbonyl (C=O) groups is 1. The number of amides is 1. The smallest absolute Gasteiger partial charge is 0.319 e. The third-order valence-electron chi connectivity index (χ3n) is 10.7. The number of aromatic nitrogens is 2. The summed E-state index contributed by atoms with van der Waals surface area (Å²) in [5.74, 6) is 0.242. The molecule has 8 nitrogen and oxygen atoms in total. The third-order valence-corrected chi connectivity index (χ3v) is 11.0. The zero-order valence-electron chi connectivity index (χ0n) is 25.7. The van der Waals surface area contributed by atoms with Crippen LogP contribution in [0.1, 0.15) is 48.9 Å². The summed E-state index contributed by atoms with van der Waals surface area (Å²) >= 11 is 6.66. The lowest BCUT2D eigenvalue weighted by Crippen LogP contribution is -2.43. The summed E-state index contributed by atoms with van der Waals surface area (Å²) < 4.78 is 38.1. The molecule has 240 valence electrons. The lowest BCUT2D eigenvalue weighted by molar-refractivity contribution is 0.0963. The highest BCUT2D eigenvalue weighted by molar-refractivity contribution is 6.37. The molecule has 4 fully saturated rings. The van der Waals surface area contributed by atoms with Crippen molar-refractivity contribution in [3.63, 3.8) is 0 Å². The number of benzene rings is 3. The summed E-state index contributed by atoms with van der Waals surface area (Å²) in [5, 5.41) is 15.2. The average Bonchev–Trinajstić information content (AvgIpc) is 3.69. The predicted octanol–water partition coefficient (Wildman–Crippen LogP) is 6.50. The Bertz CT molecular complexity index is 1880. The first-order valence-electron chi connectivity index (χ1n) is 16.2. The van der Waals surface area contributed by atoms with E-state index in [4.69, 9.17) is 21.3 Å². The zero-order valence-corrected chi connectivity index (χ0v) is 26.4. The van der Waals surface area contributed by atoms with Gasteiger partial charge in [0.05, 0.1) is 11.1 Å². The van der Waals surface area contributed by atoms with Crippen molar-refractivity contribution in [1.82, 2.24) is 20.2 Å². The first-order chi connectivity index (χ1) is 22.2. The van der Waals surface area contributed by atoms with Crippen LogP contribution in [-0.4, -0.2) is 77.4 Å². The second kappa shape index (κ2) is 11.2. The highest BCUT2D eigenvalue weighted by atomic mass is 35.5. The standard InChI is InChI=1S/C35H36ClF2N5O3/c1-39-33(45)25-13-26-31(30(38)29(25)24-12-23(44)11-21-4-2-5-27(36)28(21)24)40-34(41-32(26)42-15-19-6-7-20(10-19)16-42)46-18-35-8-3-9-43(35)17-22(37)14-35/h2,4-5,11-13,19-20,22,44H,3,6-10,14-18H2,1H3,(H,39,45)/t19?,20?,22-,35+/m1/s1. The van der Waals surface area contributed by atoms with Gasteiger partial charge < -0.3 is 20.1 Å². The van der Waals surface area contributed by atoms with Crippen molar-refractivity contribution in [3.8, 4) is 22.9 Å². The largest absolute Gasteiger partial charge is 0.508 e. The highest BCUT2D eigenvalue weighted by Gasteiger charge is 2.49. The van der Waals surface area contributed by atoms with Crippen LogP contribution in [0.25, 0.3) is 32.8 Å². The number of fused-ring (bicyclic) bond motifs is 5. The predicted molar refractivity (Wildman–Crippen MR) is 174 cm³/mol. The number of aromatic hydroxyl groups is 1. The van der Waals surface area contributed by atoms with Crippen molar-refractivity contribution in [1.29, 1.82) is 0 Å². The van der Waals surface area contributed by atoms with Gasteiger partial charge in [0.1, 0.15) is 29.9 Å². The number of phenols is 1. The Hall–Kier alpha value is -3.76. The molecule has 2 N–H and O–H groups in total. The molecule has 0 spiro atoms. The lowest BCUT2D eigenvalue weighted by Gasteiger charge is -2.34. The number of anilines is 1. The first kappa shape index (κ1) is 29.6. The Morgan fingerprint density at radius 3 is 2.76 bits per heavy atom. The van der Waals surface area contributed by atoms with Crippen LogP contribution >= 0.6 is 11.6 Å². The number of carbonyl (C=O) groups excluding carboxylic acids is 1. The van der Waals surface area contributed by atoms with Crippen molar-refractivity contribution in [2.24, 2.45) is 11.8 Å². The number of phenolic OH excluding ortho intramolecular Hbond substituents is 1. The molecule has 3 aliphatic heterocycles. The van der Waals surface area contributed by atoms with E-state index in [2.05, 4.69) is 20.1 Å². The van der Waals surface area contributed by atoms with Crippen LogP contribution in [0.3, 0.4) is 0 Å². The molecule has 4 atom stereocenters. The van der Waals surface area contributed by atoms with Gasteiger partial charge in [0, 0.05) is 54.5 Å². The monoisotopic (exact) mass is 647 g/mol. The summed E-state index contributed by atoms with van der Waals surface area (Å²) in [5.41, 5.74) is -0.0750. The molecular weight excluding hydrogens is 612 g/mol. The number of hydrogen-bond donors (Lipinski definition) is 2. The van der Waals surface area contributed by atoms with Crippen LogP contribution in [0.5, 0.6) is 11.8 Å². The van der Waals surface area contributed by atoms with Crippen molar-refractivity contribution in [2.45, 2.75) is 50.2 Å². The fraction of sp³-hybridized carbons (Fsp3) is 0.457. The summed E-state index contributed by atoms with van der Waals surface area (Å²) in [6.45, 7) is 2.97. The van der Waals surface area contributed by atoms with Gasteiger partial charge in [0.25, 0.3) is 5.91 Å². The summed E-state index contributed by atoms with van der Waals surface area (Å²) in [6, 6.07) is 9.87. The minimum absolute atomic E-state index is 0.0136. The molecule has 1 saturated carbocycles. The topological polar surface area (TPSA) is 90.8 Å². The van der Waals surface area contributed by atoms with Gasteiger partial charge in [-0.15, -0.1) is 0 Å². The summed E-state index contributed by atoms with van der Waals surface area (Å²) in [7, 11) is 1.50. The number of nitrogens with one attached hydrogen (secondary N) is 1. The van der Waals surface area contributed by atoms with Crippen molar-refractivity contribution < 1.29 is 23.4 Å². The molecule has 11 heteroatoms. The van der Waals surface area contributed by atoms with E-state index in [1.807, 2.05) is 0 Å². The van der Waals surface area contributed by atoms with E-state index >= 15 is 4.39 Å². The van der Waals surface area contributed by atoms with E-state index in [9.17, 15) is 14.3 Å². The maximum atomic E-state index is 17.3. The molecule has 2 bridgehead atoms. The number of halogens is 3. The maximum absolute atomic E-state index is 17.3. The molecular formula is C35H36ClF2N5O3. The third kappa shape index (κ3) is 4.83. The van der Waals surface area contributed by atoms with E-state index in [0.29, 0.717) is 51.8 Å². The highest BCUT2D eigenvalue weighted by Crippen LogP contribution is 2.45. The average molecular weight is 648 g/mol. The summed E-state index contributed by atoms with van der Waals surface area (Å²) in [4.78, 5) is 27.3. The van der Waals surface area contributed by atoms with E-state index in [-0.39, 0.29) is 40.6 Å². The van der Waals surface area contributed by atoms with Crippen molar-refractivity contribution in [2.75, 3.05) is 44.7 Å². The zero-order chi connectivity index (χ0) is 31.7. The lowest BCUT2D eigenvalue weighted by atomic mass is 9.91. The number of ether oxygens (including phenoxy) is 1. The Balaban J connectivity index is 1.33. The molecule has 3 aromatic carbocycles. The number of alkyl halides is 1. The van der Waals surface area contributed by atoms with Crippen molar-refractivity contribution in [3.05, 3.63) is 52.8 Å². The van der Waals surface area contributed by atoms with E-state index < -0.39 is 23.4 Å². The van der Waals surface area contributed by atoms with Gasteiger partial charge in [0.15, 0.2) is 5.82 Å². The van der Waals surface area contributed by atoms with Gasteiger partial charge in [-0.2, -0.15) is 9.97 Å². The van der Waals surface area contributed by atoms with Crippen LogP contribution in [0.2, 0.25) is 5.02 Å². The first-order valence-corrected chi connectivity index (χ1v) is 16.6. The normalized spacial score (nSPS) is 25.8. The van der Waals surface area contributed by atoms with Crippen LogP contribution in [0.4, 0.5) is 14.6 Å². The molecule has 4 heterocycles. The van der Waals surface area contributed by atoms with Gasteiger partial charge in [-0.3, -0.25) is 9.69 Å². The molecule has 2 unspecified atom stereocenters. The molecule has 0 radical (unpaired) electrons. The van der Waals surface area contributed by atoms with Gasteiger partial charge >= 0.3 is 6.01 Å². The minimum Gasteiger partial charge on any atom is -0.508 e. The SMILES string of the molecule is CNC(=O)c1cc2c(N3CC4CCC(C4)C3)nc(OC[C@@]34CCCN3C[C@H](F)C4)nc2c(F)c1-c1cc(O)cc2cccc(Cl)c12. The molecule has 4 aromatic rings. The Labute approximate surface area is 270 Å². The summed E-state index contributed by atoms with van der Waals surface area (Å²) in [6.07, 6.45) is 4.72. The number of hydrogen-bond acceptors (Lipinski definition) is 7. The van der Waals surface area contributed by atoms with E-state index in [1.165, 1.54) is 19.5 Å². The molecule has 1 amide bonds. The van der Waals surface area contributed by atoms with Crippen LogP contribution in [0, 0.1) is 17.7 Å². The fourth-order valence-corrected chi connectivity index (χ4v) is 8.95. The van der Waals surface area contributed by atoms with Gasteiger partial charge in [0.2, 0.25) is 0 Å². The Morgan fingerprint density at radius 2 is 1.98 bits per heavy atom. The second-order valence-electron chi connectivity index (χ2n) is 13.6. The molecule has 1 aliphatic carbocycles. The van der Waals surface area contributed by atoms with Crippen LogP contribution in [0.15, 0.2) is 36.4 Å².